The molecule has 0 amide bonds. The van der Waals surface area contributed by atoms with E-state index in [0.29, 0.717) is 5.82 Å². The molecule has 0 unspecified atom stereocenters. The minimum atomic E-state index is 0.653. The summed E-state index contributed by atoms with van der Waals surface area (Å²) in [6.07, 6.45) is 1.76. The maximum Gasteiger partial charge on any atom is 0.180 e. The summed E-state index contributed by atoms with van der Waals surface area (Å²) in [5, 5.41) is 0. The Labute approximate surface area is 148 Å². The van der Waals surface area contributed by atoms with Gasteiger partial charge in [-0.1, -0.05) is 18.2 Å². The molecule has 2 heterocycles. The van der Waals surface area contributed by atoms with Gasteiger partial charge in [0.05, 0.1) is 7.11 Å². The second kappa shape index (κ2) is 7.30. The number of hydrogen-bond acceptors (Lipinski definition) is 5. The van der Waals surface area contributed by atoms with E-state index < -0.39 is 0 Å². The van der Waals surface area contributed by atoms with Crippen LogP contribution in [0.5, 0.6) is 5.75 Å². The zero-order valence-electron chi connectivity index (χ0n) is 15.0. The number of pyridine rings is 1. The molecule has 0 saturated heterocycles. The molecule has 0 bridgehead atoms. The van der Waals surface area contributed by atoms with Crippen LogP contribution in [0.4, 0.5) is 5.82 Å². The van der Waals surface area contributed by atoms with E-state index in [1.54, 1.807) is 13.3 Å². The predicted molar refractivity (Wildman–Crippen MR) is 99.8 cm³/mol. The fourth-order valence-electron chi connectivity index (χ4n) is 2.67. The van der Waals surface area contributed by atoms with Gasteiger partial charge < -0.3 is 9.64 Å². The summed E-state index contributed by atoms with van der Waals surface area (Å²) in [7, 11) is 3.72. The largest absolute Gasteiger partial charge is 0.497 e. The van der Waals surface area contributed by atoms with Crippen molar-refractivity contribution in [3.05, 3.63) is 65.5 Å². The van der Waals surface area contributed by atoms with Gasteiger partial charge in [-0.25, -0.2) is 9.97 Å². The van der Waals surface area contributed by atoms with Crippen LogP contribution in [-0.4, -0.2) is 29.1 Å². The molecule has 0 saturated carbocycles. The molecular weight excluding hydrogens is 312 g/mol. The maximum atomic E-state index is 5.22. The highest BCUT2D eigenvalue weighted by molar-refractivity contribution is 5.57. The summed E-state index contributed by atoms with van der Waals surface area (Å²) in [4.78, 5) is 15.9. The average Bonchev–Trinajstić information content (AvgIpc) is 2.65. The monoisotopic (exact) mass is 334 g/mol. The van der Waals surface area contributed by atoms with Crippen LogP contribution in [0, 0.1) is 13.8 Å². The fraction of sp³-hybridized carbons (Fsp3) is 0.250. The molecule has 25 heavy (non-hydrogen) atoms. The first kappa shape index (κ1) is 16.9. The van der Waals surface area contributed by atoms with Gasteiger partial charge >= 0.3 is 0 Å². The molecule has 5 heteroatoms. The molecule has 3 aromatic rings. The Balaban J connectivity index is 1.90. The Hall–Kier alpha value is -2.95. The van der Waals surface area contributed by atoms with Crippen LogP contribution in [0.25, 0.3) is 11.5 Å². The van der Waals surface area contributed by atoms with Crippen molar-refractivity contribution >= 4 is 5.82 Å². The van der Waals surface area contributed by atoms with Crippen molar-refractivity contribution in [3.8, 4) is 17.3 Å². The number of benzene rings is 1. The van der Waals surface area contributed by atoms with Crippen molar-refractivity contribution in [1.29, 1.82) is 0 Å². The topological polar surface area (TPSA) is 51.1 Å². The lowest BCUT2D eigenvalue weighted by molar-refractivity contribution is 0.414. The Morgan fingerprint density at radius 3 is 2.40 bits per heavy atom. The van der Waals surface area contributed by atoms with Crippen molar-refractivity contribution in [2.24, 2.45) is 0 Å². The maximum absolute atomic E-state index is 5.22. The van der Waals surface area contributed by atoms with Gasteiger partial charge in [-0.2, -0.15) is 0 Å². The van der Waals surface area contributed by atoms with Crippen molar-refractivity contribution in [1.82, 2.24) is 15.0 Å². The lowest BCUT2D eigenvalue weighted by Crippen LogP contribution is -2.20. The van der Waals surface area contributed by atoms with Crippen LogP contribution in [0.1, 0.15) is 16.8 Å². The molecule has 0 spiro atoms. The highest BCUT2D eigenvalue weighted by Gasteiger charge is 2.14. The summed E-state index contributed by atoms with van der Waals surface area (Å²) in [6, 6.07) is 13.8. The Morgan fingerprint density at radius 2 is 1.76 bits per heavy atom. The Bertz CT molecular complexity index is 848. The van der Waals surface area contributed by atoms with Crippen LogP contribution < -0.4 is 9.64 Å². The van der Waals surface area contributed by atoms with Gasteiger partial charge in [0.25, 0.3) is 0 Å². The molecule has 1 aromatic carbocycles. The van der Waals surface area contributed by atoms with E-state index >= 15 is 0 Å². The van der Waals surface area contributed by atoms with E-state index in [4.69, 9.17) is 9.72 Å². The summed E-state index contributed by atoms with van der Waals surface area (Å²) >= 11 is 0. The number of rotatable bonds is 5. The molecule has 0 fully saturated rings. The van der Waals surface area contributed by atoms with Crippen LogP contribution >= 0.6 is 0 Å². The van der Waals surface area contributed by atoms with E-state index in [1.807, 2.05) is 44.3 Å². The van der Waals surface area contributed by atoms with E-state index in [-0.39, 0.29) is 0 Å². The number of ether oxygens (including phenoxy) is 1. The third kappa shape index (κ3) is 3.76. The van der Waals surface area contributed by atoms with Gasteiger partial charge in [0.1, 0.15) is 17.3 Å². The Kier molecular flexibility index (Phi) is 4.93. The molecule has 0 atom stereocenters. The predicted octanol–water partition coefficient (Wildman–Crippen LogP) is 3.80. The molecule has 0 aliphatic carbocycles. The van der Waals surface area contributed by atoms with Gasteiger partial charge in [0, 0.05) is 31.0 Å². The first-order valence-electron chi connectivity index (χ1n) is 8.19. The molecule has 0 aliphatic rings. The standard InChI is InChI=1S/C20H22N4O/c1-14-15(2)22-19(18-7-5-6-12-21-18)23-20(14)24(3)13-16-8-10-17(25-4)11-9-16/h5-12H,13H2,1-4H3. The van der Waals surface area contributed by atoms with Crippen LogP contribution in [-0.2, 0) is 6.54 Å². The minimum Gasteiger partial charge on any atom is -0.497 e. The van der Waals surface area contributed by atoms with Crippen LogP contribution in [0.3, 0.4) is 0 Å². The molecule has 2 aromatic heterocycles. The summed E-state index contributed by atoms with van der Waals surface area (Å²) < 4.78 is 5.22. The lowest BCUT2D eigenvalue weighted by atomic mass is 10.2. The second-order valence-electron chi connectivity index (χ2n) is 6.00. The van der Waals surface area contributed by atoms with Crippen molar-refractivity contribution in [3.63, 3.8) is 0 Å². The normalized spacial score (nSPS) is 10.6. The molecular formula is C20H22N4O. The molecule has 0 N–H and O–H groups in total. The number of nitrogens with zero attached hydrogens (tertiary/aromatic N) is 4. The summed E-state index contributed by atoms with van der Waals surface area (Å²) in [6.45, 7) is 4.81. The summed E-state index contributed by atoms with van der Waals surface area (Å²) in [5.74, 6) is 2.43. The highest BCUT2D eigenvalue weighted by Crippen LogP contribution is 2.24. The van der Waals surface area contributed by atoms with E-state index in [9.17, 15) is 0 Å². The third-order valence-electron chi connectivity index (χ3n) is 4.20. The third-order valence-corrected chi connectivity index (χ3v) is 4.20. The molecule has 128 valence electrons. The molecule has 0 aliphatic heterocycles. The number of hydrogen-bond donors (Lipinski definition) is 0. The lowest BCUT2D eigenvalue weighted by Gasteiger charge is -2.22. The van der Waals surface area contributed by atoms with E-state index in [2.05, 4.69) is 33.9 Å². The van der Waals surface area contributed by atoms with E-state index in [1.165, 1.54) is 5.56 Å². The first-order valence-corrected chi connectivity index (χ1v) is 8.19. The van der Waals surface area contributed by atoms with Gasteiger partial charge in [0.2, 0.25) is 0 Å². The number of methoxy groups -OCH3 is 1. The van der Waals surface area contributed by atoms with Crippen molar-refractivity contribution < 1.29 is 4.74 Å². The highest BCUT2D eigenvalue weighted by atomic mass is 16.5. The number of anilines is 1. The quantitative estimate of drug-likeness (QED) is 0.710. The number of aromatic nitrogens is 3. The van der Waals surface area contributed by atoms with Crippen molar-refractivity contribution in [2.45, 2.75) is 20.4 Å². The Morgan fingerprint density at radius 1 is 1.00 bits per heavy atom. The van der Waals surface area contributed by atoms with Crippen LogP contribution in [0.15, 0.2) is 48.7 Å². The van der Waals surface area contributed by atoms with E-state index in [0.717, 1.165) is 35.1 Å². The molecule has 0 radical (unpaired) electrons. The second-order valence-corrected chi connectivity index (χ2v) is 6.00. The van der Waals surface area contributed by atoms with Gasteiger partial charge in [0.15, 0.2) is 5.82 Å². The average molecular weight is 334 g/mol. The smallest absolute Gasteiger partial charge is 0.180 e. The summed E-state index contributed by atoms with van der Waals surface area (Å²) in [5.41, 5.74) is 4.02. The molecule has 3 rings (SSSR count). The minimum absolute atomic E-state index is 0.653. The zero-order chi connectivity index (χ0) is 17.8. The van der Waals surface area contributed by atoms with Gasteiger partial charge in [-0.05, 0) is 43.7 Å². The fourth-order valence-corrected chi connectivity index (χ4v) is 2.67. The number of aryl methyl sites for hydroxylation is 1. The van der Waals surface area contributed by atoms with Crippen LogP contribution in [0.2, 0.25) is 0 Å². The first-order chi connectivity index (χ1) is 12.1. The zero-order valence-corrected chi connectivity index (χ0v) is 15.0. The van der Waals surface area contributed by atoms with Gasteiger partial charge in [-0.15, -0.1) is 0 Å². The molecule has 5 nitrogen and oxygen atoms in total. The van der Waals surface area contributed by atoms with Gasteiger partial charge in [-0.3, -0.25) is 4.98 Å². The van der Waals surface area contributed by atoms with Crippen molar-refractivity contribution in [2.75, 3.05) is 19.1 Å². The SMILES string of the molecule is COc1ccc(CN(C)c2nc(-c3ccccn3)nc(C)c2C)cc1.